The molecule has 1 aliphatic rings. The number of hydrogen-bond donors (Lipinski definition) is 1. The van der Waals surface area contributed by atoms with Gasteiger partial charge in [-0.2, -0.15) is 0 Å². The standard InChI is InChI=1S/C13H18ClNO.ClH/c14-13-3-1-2-12(8-13)9-15-6-7-16-10-11-4-5-11;/h1-3,8,11,15H,4-7,9-10H2;1H. The van der Waals surface area contributed by atoms with E-state index in [1.54, 1.807) is 0 Å². The third kappa shape index (κ3) is 6.27. The molecule has 1 fully saturated rings. The smallest absolute Gasteiger partial charge is 0.0591 e. The molecule has 0 heterocycles. The second kappa shape index (κ2) is 7.93. The molecule has 1 aliphatic carbocycles. The summed E-state index contributed by atoms with van der Waals surface area (Å²) < 4.78 is 5.53. The van der Waals surface area contributed by atoms with Crippen molar-refractivity contribution in [1.29, 1.82) is 0 Å². The lowest BCUT2D eigenvalue weighted by molar-refractivity contribution is 0.126. The molecule has 2 nitrogen and oxygen atoms in total. The fourth-order valence-electron chi connectivity index (χ4n) is 1.56. The molecule has 1 aromatic rings. The normalized spacial score (nSPS) is 14.4. The highest BCUT2D eigenvalue weighted by molar-refractivity contribution is 6.30. The molecule has 0 unspecified atom stereocenters. The molecule has 0 atom stereocenters. The lowest BCUT2D eigenvalue weighted by Gasteiger charge is -2.06. The van der Waals surface area contributed by atoms with Gasteiger partial charge in [0.15, 0.2) is 0 Å². The Morgan fingerprint density at radius 3 is 2.88 bits per heavy atom. The summed E-state index contributed by atoms with van der Waals surface area (Å²) in [7, 11) is 0. The molecular formula is C13H19Cl2NO. The molecule has 0 spiro atoms. The van der Waals surface area contributed by atoms with Crippen molar-refractivity contribution >= 4 is 24.0 Å². The van der Waals surface area contributed by atoms with Crippen molar-refractivity contribution in [3.8, 4) is 0 Å². The van der Waals surface area contributed by atoms with Crippen molar-refractivity contribution in [3.63, 3.8) is 0 Å². The zero-order valence-corrected chi connectivity index (χ0v) is 11.4. The number of ether oxygens (including phenoxy) is 1. The molecule has 1 aromatic carbocycles. The van der Waals surface area contributed by atoms with E-state index in [1.807, 2.05) is 18.2 Å². The molecule has 4 heteroatoms. The van der Waals surface area contributed by atoms with Crippen molar-refractivity contribution in [2.45, 2.75) is 19.4 Å². The Bertz CT molecular complexity index is 329. The Balaban J connectivity index is 0.00000144. The van der Waals surface area contributed by atoms with Crippen LogP contribution in [0, 0.1) is 5.92 Å². The van der Waals surface area contributed by atoms with Gasteiger partial charge in [0.2, 0.25) is 0 Å². The molecule has 1 saturated carbocycles. The summed E-state index contributed by atoms with van der Waals surface area (Å²) in [6.45, 7) is 3.50. The van der Waals surface area contributed by atoms with Gasteiger partial charge in [-0.25, -0.2) is 0 Å². The van der Waals surface area contributed by atoms with Crippen LogP contribution in [0.2, 0.25) is 5.02 Å². The molecule has 0 radical (unpaired) electrons. The van der Waals surface area contributed by atoms with Crippen LogP contribution in [0.25, 0.3) is 0 Å². The Morgan fingerprint density at radius 1 is 1.35 bits per heavy atom. The molecule has 96 valence electrons. The number of nitrogens with one attached hydrogen (secondary N) is 1. The van der Waals surface area contributed by atoms with Crippen LogP contribution in [0.4, 0.5) is 0 Å². The second-order valence-electron chi connectivity index (χ2n) is 4.32. The minimum atomic E-state index is 0. The van der Waals surface area contributed by atoms with Gasteiger partial charge in [0.1, 0.15) is 0 Å². The number of halogens is 2. The molecule has 1 N–H and O–H groups in total. The van der Waals surface area contributed by atoms with Crippen molar-refractivity contribution < 1.29 is 4.74 Å². The van der Waals surface area contributed by atoms with Crippen LogP contribution in [0.15, 0.2) is 24.3 Å². The Labute approximate surface area is 114 Å². The predicted octanol–water partition coefficient (Wildman–Crippen LogP) is 3.28. The summed E-state index contributed by atoms with van der Waals surface area (Å²) in [5.41, 5.74) is 1.22. The van der Waals surface area contributed by atoms with E-state index in [0.29, 0.717) is 0 Å². The molecule has 0 bridgehead atoms. The summed E-state index contributed by atoms with van der Waals surface area (Å²) in [4.78, 5) is 0. The van der Waals surface area contributed by atoms with Crippen molar-refractivity contribution in [1.82, 2.24) is 5.32 Å². The highest BCUT2D eigenvalue weighted by Gasteiger charge is 2.20. The average Bonchev–Trinajstić information content (AvgIpc) is 3.07. The van der Waals surface area contributed by atoms with Gasteiger partial charge in [-0.15, -0.1) is 12.4 Å². The Kier molecular flexibility index (Phi) is 6.90. The van der Waals surface area contributed by atoms with Gasteiger partial charge < -0.3 is 10.1 Å². The van der Waals surface area contributed by atoms with Crippen LogP contribution in [-0.4, -0.2) is 19.8 Å². The van der Waals surface area contributed by atoms with Gasteiger partial charge in [-0.3, -0.25) is 0 Å². The third-order valence-corrected chi connectivity index (χ3v) is 2.93. The molecular weight excluding hydrogens is 257 g/mol. The molecule has 0 amide bonds. The molecule has 0 aromatic heterocycles. The molecule has 17 heavy (non-hydrogen) atoms. The zero-order valence-electron chi connectivity index (χ0n) is 9.82. The quantitative estimate of drug-likeness (QED) is 0.772. The Hall–Kier alpha value is -0.280. The Morgan fingerprint density at radius 2 is 2.18 bits per heavy atom. The maximum Gasteiger partial charge on any atom is 0.0591 e. The van der Waals surface area contributed by atoms with Crippen molar-refractivity contribution in [3.05, 3.63) is 34.9 Å². The lowest BCUT2D eigenvalue weighted by atomic mass is 10.2. The van der Waals surface area contributed by atoms with Gasteiger partial charge >= 0.3 is 0 Å². The van der Waals surface area contributed by atoms with Crippen LogP contribution >= 0.6 is 24.0 Å². The molecule has 0 saturated heterocycles. The van der Waals surface area contributed by atoms with Gasteiger partial charge in [0, 0.05) is 24.7 Å². The fraction of sp³-hybridized carbons (Fsp3) is 0.538. The fourth-order valence-corrected chi connectivity index (χ4v) is 1.77. The largest absolute Gasteiger partial charge is 0.380 e. The predicted molar refractivity (Wildman–Crippen MR) is 73.9 cm³/mol. The number of hydrogen-bond acceptors (Lipinski definition) is 2. The maximum absolute atomic E-state index is 5.90. The summed E-state index contributed by atoms with van der Waals surface area (Å²) in [5, 5.41) is 4.14. The van der Waals surface area contributed by atoms with Gasteiger partial charge in [-0.05, 0) is 36.5 Å². The summed E-state index contributed by atoms with van der Waals surface area (Å²) >= 11 is 5.90. The molecule has 0 aliphatic heterocycles. The van der Waals surface area contributed by atoms with Crippen LogP contribution < -0.4 is 5.32 Å². The van der Waals surface area contributed by atoms with E-state index in [2.05, 4.69) is 11.4 Å². The van der Waals surface area contributed by atoms with Crippen molar-refractivity contribution in [2.75, 3.05) is 19.8 Å². The van der Waals surface area contributed by atoms with Gasteiger partial charge in [0.05, 0.1) is 6.61 Å². The highest BCUT2D eigenvalue weighted by atomic mass is 35.5. The van der Waals surface area contributed by atoms with E-state index in [1.165, 1.54) is 18.4 Å². The topological polar surface area (TPSA) is 21.3 Å². The first kappa shape index (κ1) is 14.8. The van der Waals surface area contributed by atoms with Crippen LogP contribution in [0.3, 0.4) is 0 Å². The number of rotatable bonds is 7. The number of benzene rings is 1. The minimum Gasteiger partial charge on any atom is -0.380 e. The van der Waals surface area contributed by atoms with Crippen LogP contribution in [0.1, 0.15) is 18.4 Å². The maximum atomic E-state index is 5.90. The first-order valence-electron chi connectivity index (χ1n) is 5.87. The summed E-state index contributed by atoms with van der Waals surface area (Å²) in [5.74, 6) is 0.855. The van der Waals surface area contributed by atoms with Crippen LogP contribution in [-0.2, 0) is 11.3 Å². The first-order valence-corrected chi connectivity index (χ1v) is 6.25. The minimum absolute atomic E-state index is 0. The zero-order chi connectivity index (χ0) is 11.2. The second-order valence-corrected chi connectivity index (χ2v) is 4.76. The summed E-state index contributed by atoms with van der Waals surface area (Å²) in [6.07, 6.45) is 2.71. The van der Waals surface area contributed by atoms with Gasteiger partial charge in [-0.1, -0.05) is 23.7 Å². The highest BCUT2D eigenvalue weighted by Crippen LogP contribution is 2.28. The molecule has 2 rings (SSSR count). The SMILES string of the molecule is Cl.Clc1cccc(CNCCOCC2CC2)c1. The van der Waals surface area contributed by atoms with E-state index in [9.17, 15) is 0 Å². The van der Waals surface area contributed by atoms with E-state index in [4.69, 9.17) is 16.3 Å². The first-order chi connectivity index (χ1) is 7.84. The third-order valence-electron chi connectivity index (χ3n) is 2.69. The monoisotopic (exact) mass is 275 g/mol. The lowest BCUT2D eigenvalue weighted by Crippen LogP contribution is -2.19. The van der Waals surface area contributed by atoms with E-state index in [0.717, 1.165) is 37.2 Å². The van der Waals surface area contributed by atoms with E-state index < -0.39 is 0 Å². The van der Waals surface area contributed by atoms with Gasteiger partial charge in [0.25, 0.3) is 0 Å². The summed E-state index contributed by atoms with van der Waals surface area (Å²) in [6, 6.07) is 7.93. The van der Waals surface area contributed by atoms with Crippen molar-refractivity contribution in [2.24, 2.45) is 5.92 Å². The van der Waals surface area contributed by atoms with Crippen LogP contribution in [0.5, 0.6) is 0 Å². The van der Waals surface area contributed by atoms with E-state index in [-0.39, 0.29) is 12.4 Å². The van der Waals surface area contributed by atoms with E-state index >= 15 is 0 Å². The average molecular weight is 276 g/mol.